The van der Waals surface area contributed by atoms with Gasteiger partial charge in [-0.25, -0.2) is 13.2 Å². The number of hydrogen-bond acceptors (Lipinski definition) is 6. The summed E-state index contributed by atoms with van der Waals surface area (Å²) in [5.74, 6) is -0.359. The van der Waals surface area contributed by atoms with Gasteiger partial charge in [0.2, 0.25) is 0 Å². The molecule has 8 heteroatoms. The Balaban J connectivity index is 1.57. The molecule has 0 bridgehead atoms. The molecule has 1 fully saturated rings. The topological polar surface area (TPSA) is 90.0 Å². The SMILES string of the molecule is CN(C(=O)COC(=O)c1ccccc1COc1ccccc1)[C@H]1CCS(=O)(=O)C1. The van der Waals surface area contributed by atoms with Crippen LogP contribution in [0.5, 0.6) is 5.75 Å². The van der Waals surface area contributed by atoms with Gasteiger partial charge in [0.1, 0.15) is 12.4 Å². The number of amides is 1. The second-order valence-electron chi connectivity index (χ2n) is 6.90. The highest BCUT2D eigenvalue weighted by molar-refractivity contribution is 7.91. The number of ether oxygens (including phenoxy) is 2. The van der Waals surface area contributed by atoms with Crippen molar-refractivity contribution in [3.63, 3.8) is 0 Å². The van der Waals surface area contributed by atoms with Gasteiger partial charge < -0.3 is 14.4 Å². The average Bonchev–Trinajstić information content (AvgIpc) is 3.10. The van der Waals surface area contributed by atoms with Crippen molar-refractivity contribution in [3.8, 4) is 5.75 Å². The molecule has 29 heavy (non-hydrogen) atoms. The van der Waals surface area contributed by atoms with Crippen LogP contribution < -0.4 is 4.74 Å². The lowest BCUT2D eigenvalue weighted by molar-refractivity contribution is -0.134. The molecule has 154 valence electrons. The molecule has 1 amide bonds. The number of hydrogen-bond donors (Lipinski definition) is 0. The molecule has 2 aromatic rings. The van der Waals surface area contributed by atoms with Crippen molar-refractivity contribution in [2.45, 2.75) is 19.1 Å². The minimum absolute atomic E-state index is 0.0527. The molecule has 0 unspecified atom stereocenters. The molecule has 1 aliphatic rings. The van der Waals surface area contributed by atoms with Crippen LogP contribution in [0, 0.1) is 0 Å². The molecule has 1 heterocycles. The third-order valence-corrected chi connectivity index (χ3v) is 6.60. The van der Waals surface area contributed by atoms with Crippen LogP contribution in [0.25, 0.3) is 0 Å². The summed E-state index contributed by atoms with van der Waals surface area (Å²) in [7, 11) is -1.57. The van der Waals surface area contributed by atoms with E-state index >= 15 is 0 Å². The van der Waals surface area contributed by atoms with Gasteiger partial charge in [0.15, 0.2) is 16.4 Å². The normalized spacial score (nSPS) is 17.5. The van der Waals surface area contributed by atoms with Gasteiger partial charge in [-0.2, -0.15) is 0 Å². The maximum Gasteiger partial charge on any atom is 0.339 e. The predicted molar refractivity (Wildman–Crippen MR) is 107 cm³/mol. The van der Waals surface area contributed by atoms with Crippen molar-refractivity contribution in [1.82, 2.24) is 4.90 Å². The largest absolute Gasteiger partial charge is 0.489 e. The zero-order valence-electron chi connectivity index (χ0n) is 16.1. The van der Waals surface area contributed by atoms with E-state index in [1.807, 2.05) is 30.3 Å². The fourth-order valence-electron chi connectivity index (χ4n) is 3.11. The number of carbonyl (C=O) groups excluding carboxylic acids is 2. The molecule has 1 atom stereocenters. The van der Waals surface area contributed by atoms with Gasteiger partial charge in [0, 0.05) is 18.7 Å². The van der Waals surface area contributed by atoms with E-state index < -0.39 is 28.3 Å². The van der Waals surface area contributed by atoms with Crippen LogP contribution in [0.2, 0.25) is 0 Å². The fraction of sp³-hybridized carbons (Fsp3) is 0.333. The fourth-order valence-corrected chi connectivity index (χ4v) is 4.89. The van der Waals surface area contributed by atoms with Gasteiger partial charge >= 0.3 is 5.97 Å². The molecule has 1 saturated heterocycles. The van der Waals surface area contributed by atoms with Crippen LogP contribution in [0.15, 0.2) is 54.6 Å². The van der Waals surface area contributed by atoms with E-state index in [4.69, 9.17) is 9.47 Å². The van der Waals surface area contributed by atoms with Crippen molar-refractivity contribution in [1.29, 1.82) is 0 Å². The first-order valence-corrected chi connectivity index (χ1v) is 11.1. The van der Waals surface area contributed by atoms with Crippen LogP contribution >= 0.6 is 0 Å². The first-order valence-electron chi connectivity index (χ1n) is 9.25. The van der Waals surface area contributed by atoms with Crippen LogP contribution in [0.1, 0.15) is 22.3 Å². The molecule has 0 aliphatic carbocycles. The summed E-state index contributed by atoms with van der Waals surface area (Å²) in [4.78, 5) is 26.1. The number of para-hydroxylation sites is 1. The minimum atomic E-state index is -3.10. The number of benzene rings is 2. The number of nitrogens with zero attached hydrogens (tertiary/aromatic N) is 1. The molecular weight excluding hydrogens is 394 g/mol. The summed E-state index contributed by atoms with van der Waals surface area (Å²) < 4.78 is 34.0. The first-order chi connectivity index (χ1) is 13.9. The van der Waals surface area contributed by atoms with Gasteiger partial charge in [-0.3, -0.25) is 4.79 Å². The molecule has 0 spiro atoms. The molecular formula is C21H23NO6S. The molecule has 0 radical (unpaired) electrons. The van der Waals surface area contributed by atoms with E-state index in [1.54, 1.807) is 24.3 Å². The van der Waals surface area contributed by atoms with E-state index in [9.17, 15) is 18.0 Å². The molecule has 0 aromatic heterocycles. The van der Waals surface area contributed by atoms with Crippen molar-refractivity contribution in [2.75, 3.05) is 25.2 Å². The standard InChI is InChI=1S/C21H23NO6S/c1-22(17-11-12-29(25,26)15-17)20(23)14-28-21(24)19-10-6-5-7-16(19)13-27-18-8-3-2-4-9-18/h2-10,17H,11-15H2,1H3/t17-/m0/s1. The van der Waals surface area contributed by atoms with Crippen molar-refractivity contribution >= 4 is 21.7 Å². The van der Waals surface area contributed by atoms with Crippen LogP contribution in [0.4, 0.5) is 0 Å². The van der Waals surface area contributed by atoms with E-state index in [0.717, 1.165) is 0 Å². The predicted octanol–water partition coefficient (Wildman–Crippen LogP) is 2.07. The average molecular weight is 417 g/mol. The summed E-state index contributed by atoms with van der Waals surface area (Å²) in [5.41, 5.74) is 0.964. The number of carbonyl (C=O) groups is 2. The molecule has 0 saturated carbocycles. The van der Waals surface area contributed by atoms with Gasteiger partial charge in [-0.1, -0.05) is 36.4 Å². The second-order valence-corrected chi connectivity index (χ2v) is 9.13. The highest BCUT2D eigenvalue weighted by Crippen LogP contribution is 2.18. The lowest BCUT2D eigenvalue weighted by atomic mass is 10.1. The Bertz CT molecular complexity index is 974. The summed E-state index contributed by atoms with van der Waals surface area (Å²) in [5, 5.41) is 0. The molecule has 2 aromatic carbocycles. The Hall–Kier alpha value is -2.87. The van der Waals surface area contributed by atoms with E-state index in [-0.39, 0.29) is 24.2 Å². The molecule has 7 nitrogen and oxygen atoms in total. The Morgan fingerprint density at radius 3 is 2.45 bits per heavy atom. The Morgan fingerprint density at radius 1 is 1.07 bits per heavy atom. The van der Waals surface area contributed by atoms with E-state index in [2.05, 4.69) is 0 Å². The van der Waals surface area contributed by atoms with Crippen molar-refractivity contribution < 1.29 is 27.5 Å². The third-order valence-electron chi connectivity index (χ3n) is 4.85. The van der Waals surface area contributed by atoms with Crippen molar-refractivity contribution in [3.05, 3.63) is 65.7 Å². The lowest BCUT2D eigenvalue weighted by Gasteiger charge is -2.23. The van der Waals surface area contributed by atoms with Crippen LogP contribution in [0.3, 0.4) is 0 Å². The van der Waals surface area contributed by atoms with Gasteiger partial charge in [-0.05, 0) is 24.6 Å². The number of likely N-dealkylation sites (N-methyl/N-ethyl adjacent to an activating group) is 1. The maximum absolute atomic E-state index is 12.5. The van der Waals surface area contributed by atoms with Gasteiger partial charge in [-0.15, -0.1) is 0 Å². The van der Waals surface area contributed by atoms with Gasteiger partial charge in [0.05, 0.1) is 17.1 Å². The highest BCUT2D eigenvalue weighted by Gasteiger charge is 2.33. The van der Waals surface area contributed by atoms with Gasteiger partial charge in [0.25, 0.3) is 5.91 Å². The van der Waals surface area contributed by atoms with E-state index in [1.165, 1.54) is 11.9 Å². The molecule has 3 rings (SSSR count). The summed E-state index contributed by atoms with van der Waals surface area (Å²) in [6.07, 6.45) is 0.401. The Kier molecular flexibility index (Phi) is 6.53. The second kappa shape index (κ2) is 9.09. The highest BCUT2D eigenvalue weighted by atomic mass is 32.2. The quantitative estimate of drug-likeness (QED) is 0.641. The third kappa shape index (κ3) is 5.57. The summed E-state index contributed by atoms with van der Waals surface area (Å²) in [6, 6.07) is 15.7. The first kappa shape index (κ1) is 20.9. The minimum Gasteiger partial charge on any atom is -0.489 e. The zero-order chi connectivity index (χ0) is 20.9. The van der Waals surface area contributed by atoms with E-state index in [0.29, 0.717) is 23.3 Å². The number of esters is 1. The Labute approximate surface area is 170 Å². The smallest absolute Gasteiger partial charge is 0.339 e. The van der Waals surface area contributed by atoms with Crippen LogP contribution in [-0.4, -0.2) is 56.4 Å². The van der Waals surface area contributed by atoms with Crippen molar-refractivity contribution in [2.24, 2.45) is 0 Å². The molecule has 0 N–H and O–H groups in total. The summed E-state index contributed by atoms with van der Waals surface area (Å²) in [6.45, 7) is -0.261. The summed E-state index contributed by atoms with van der Waals surface area (Å²) >= 11 is 0. The Morgan fingerprint density at radius 2 is 1.76 bits per heavy atom. The number of rotatable bonds is 7. The zero-order valence-corrected chi connectivity index (χ0v) is 16.9. The van der Waals surface area contributed by atoms with Crippen LogP contribution in [-0.2, 0) is 26.0 Å². The number of sulfone groups is 1. The maximum atomic E-state index is 12.5. The lowest BCUT2D eigenvalue weighted by Crippen LogP contribution is -2.40. The molecule has 1 aliphatic heterocycles. The monoisotopic (exact) mass is 417 g/mol.